The summed E-state index contributed by atoms with van der Waals surface area (Å²) in [5.74, 6) is 3.73. The standard InChI is InChI=1S/C7H10ClN3S2/c8-7-10-9-5-11(7)3-6-4-12-1-2-13-6/h5-6H,1-4H2. The van der Waals surface area contributed by atoms with Crippen molar-refractivity contribution in [1.82, 2.24) is 14.8 Å². The van der Waals surface area contributed by atoms with Gasteiger partial charge in [-0.15, -0.1) is 10.2 Å². The SMILES string of the molecule is Clc1nncn1CC1CSCCS1. The van der Waals surface area contributed by atoms with E-state index in [2.05, 4.69) is 10.2 Å². The molecule has 0 bridgehead atoms. The minimum atomic E-state index is 0.496. The van der Waals surface area contributed by atoms with Crippen molar-refractivity contribution in [3.63, 3.8) is 0 Å². The Morgan fingerprint density at radius 3 is 3.15 bits per heavy atom. The molecule has 1 aliphatic rings. The third-order valence-corrected chi connectivity index (χ3v) is 4.97. The van der Waals surface area contributed by atoms with Crippen LogP contribution in [0.15, 0.2) is 6.33 Å². The molecule has 0 amide bonds. The van der Waals surface area contributed by atoms with E-state index in [9.17, 15) is 0 Å². The first-order valence-electron chi connectivity index (χ1n) is 4.09. The third kappa shape index (κ3) is 2.54. The predicted molar refractivity (Wildman–Crippen MR) is 58.6 cm³/mol. The summed E-state index contributed by atoms with van der Waals surface area (Å²) in [6.07, 6.45) is 1.70. The molecule has 2 heterocycles. The van der Waals surface area contributed by atoms with Crippen molar-refractivity contribution in [2.45, 2.75) is 11.8 Å². The van der Waals surface area contributed by atoms with Crippen LogP contribution in [0.5, 0.6) is 0 Å². The molecule has 1 unspecified atom stereocenters. The molecule has 1 saturated heterocycles. The van der Waals surface area contributed by atoms with Crippen LogP contribution in [0.1, 0.15) is 0 Å². The summed E-state index contributed by atoms with van der Waals surface area (Å²) < 4.78 is 1.91. The predicted octanol–water partition coefficient (Wildman–Crippen LogP) is 1.78. The lowest BCUT2D eigenvalue weighted by Gasteiger charge is -2.20. The quantitative estimate of drug-likeness (QED) is 0.782. The van der Waals surface area contributed by atoms with Gasteiger partial charge in [0, 0.05) is 29.1 Å². The number of rotatable bonds is 2. The summed E-state index contributed by atoms with van der Waals surface area (Å²) in [5, 5.41) is 8.65. The van der Waals surface area contributed by atoms with Gasteiger partial charge in [0.15, 0.2) is 0 Å². The van der Waals surface area contributed by atoms with Crippen LogP contribution in [0.25, 0.3) is 0 Å². The van der Waals surface area contributed by atoms with Gasteiger partial charge in [-0.1, -0.05) is 0 Å². The Kier molecular flexibility index (Phi) is 3.40. The normalized spacial score (nSPS) is 23.3. The minimum absolute atomic E-state index is 0.496. The maximum atomic E-state index is 5.83. The first-order valence-corrected chi connectivity index (χ1v) is 6.67. The van der Waals surface area contributed by atoms with E-state index < -0.39 is 0 Å². The largest absolute Gasteiger partial charge is 0.303 e. The van der Waals surface area contributed by atoms with Gasteiger partial charge in [0.05, 0.1) is 0 Å². The van der Waals surface area contributed by atoms with Gasteiger partial charge in [0.25, 0.3) is 0 Å². The molecule has 1 atom stereocenters. The fraction of sp³-hybridized carbons (Fsp3) is 0.714. The Hall–Kier alpha value is 0.130. The zero-order valence-electron chi connectivity index (χ0n) is 7.02. The summed E-state index contributed by atoms with van der Waals surface area (Å²) in [4.78, 5) is 0. The molecule has 1 aliphatic heterocycles. The highest BCUT2D eigenvalue weighted by molar-refractivity contribution is 8.06. The van der Waals surface area contributed by atoms with Crippen LogP contribution >= 0.6 is 35.1 Å². The van der Waals surface area contributed by atoms with E-state index in [-0.39, 0.29) is 0 Å². The smallest absolute Gasteiger partial charge is 0.224 e. The topological polar surface area (TPSA) is 30.7 Å². The highest BCUT2D eigenvalue weighted by Crippen LogP contribution is 2.25. The zero-order chi connectivity index (χ0) is 9.10. The lowest BCUT2D eigenvalue weighted by molar-refractivity contribution is 0.693. The minimum Gasteiger partial charge on any atom is -0.303 e. The fourth-order valence-electron chi connectivity index (χ4n) is 1.22. The molecule has 3 nitrogen and oxygen atoms in total. The van der Waals surface area contributed by atoms with Crippen molar-refractivity contribution in [2.75, 3.05) is 17.3 Å². The summed E-state index contributed by atoms with van der Waals surface area (Å²) in [7, 11) is 0. The summed E-state index contributed by atoms with van der Waals surface area (Å²) in [6.45, 7) is 0.934. The van der Waals surface area contributed by atoms with Gasteiger partial charge in [0.2, 0.25) is 5.28 Å². The maximum absolute atomic E-state index is 5.83. The number of hydrogen-bond acceptors (Lipinski definition) is 4. The molecule has 0 aromatic carbocycles. The van der Waals surface area contributed by atoms with E-state index in [0.29, 0.717) is 10.5 Å². The van der Waals surface area contributed by atoms with E-state index in [1.54, 1.807) is 6.33 Å². The number of hydrogen-bond donors (Lipinski definition) is 0. The Bertz CT molecular complexity index is 272. The molecule has 0 spiro atoms. The van der Waals surface area contributed by atoms with Crippen molar-refractivity contribution in [2.24, 2.45) is 0 Å². The van der Waals surface area contributed by atoms with Crippen molar-refractivity contribution in [3.05, 3.63) is 11.6 Å². The van der Waals surface area contributed by atoms with Crippen LogP contribution in [0.2, 0.25) is 5.28 Å². The highest BCUT2D eigenvalue weighted by Gasteiger charge is 2.15. The van der Waals surface area contributed by atoms with Crippen LogP contribution < -0.4 is 0 Å². The van der Waals surface area contributed by atoms with Crippen LogP contribution in [-0.4, -0.2) is 37.3 Å². The first-order chi connectivity index (χ1) is 6.36. The average Bonchev–Trinajstić information content (AvgIpc) is 2.54. The molecule has 1 aromatic rings. The second-order valence-corrected chi connectivity index (χ2v) is 5.72. The lowest BCUT2D eigenvalue weighted by Crippen LogP contribution is -2.20. The maximum Gasteiger partial charge on any atom is 0.224 e. The van der Waals surface area contributed by atoms with Crippen molar-refractivity contribution >= 4 is 35.1 Å². The Morgan fingerprint density at radius 1 is 1.62 bits per heavy atom. The molecule has 13 heavy (non-hydrogen) atoms. The van der Waals surface area contributed by atoms with E-state index >= 15 is 0 Å². The average molecular weight is 236 g/mol. The Balaban J connectivity index is 1.93. The molecule has 6 heteroatoms. The second kappa shape index (κ2) is 4.57. The lowest BCUT2D eigenvalue weighted by atomic mass is 10.5. The third-order valence-electron chi connectivity index (χ3n) is 1.85. The molecule has 0 saturated carbocycles. The van der Waals surface area contributed by atoms with Gasteiger partial charge in [-0.2, -0.15) is 23.5 Å². The van der Waals surface area contributed by atoms with Crippen molar-refractivity contribution in [1.29, 1.82) is 0 Å². The van der Waals surface area contributed by atoms with Gasteiger partial charge in [-0.05, 0) is 11.6 Å². The van der Waals surface area contributed by atoms with Crippen molar-refractivity contribution in [3.8, 4) is 0 Å². The van der Waals surface area contributed by atoms with Crippen molar-refractivity contribution < 1.29 is 0 Å². The second-order valence-electron chi connectivity index (χ2n) is 2.82. The fourth-order valence-corrected chi connectivity index (χ4v) is 4.05. The van der Waals surface area contributed by atoms with Gasteiger partial charge in [-0.3, -0.25) is 0 Å². The summed E-state index contributed by atoms with van der Waals surface area (Å²) in [5.41, 5.74) is 0. The zero-order valence-corrected chi connectivity index (χ0v) is 9.41. The Labute approximate surface area is 90.6 Å². The van der Waals surface area contributed by atoms with Gasteiger partial charge >= 0.3 is 0 Å². The number of thioether (sulfide) groups is 2. The molecule has 0 N–H and O–H groups in total. The van der Waals surface area contributed by atoms with Crippen LogP contribution in [0.3, 0.4) is 0 Å². The molecule has 72 valence electrons. The summed E-state index contributed by atoms with van der Waals surface area (Å²) in [6, 6.07) is 0. The number of aromatic nitrogens is 3. The number of halogens is 1. The van der Waals surface area contributed by atoms with Crippen LogP contribution in [0.4, 0.5) is 0 Å². The molecule has 1 aromatic heterocycles. The van der Waals surface area contributed by atoms with Crippen LogP contribution in [-0.2, 0) is 6.54 Å². The molecule has 1 fully saturated rings. The first kappa shape index (κ1) is 9.68. The van der Waals surface area contributed by atoms with Gasteiger partial charge < -0.3 is 4.57 Å². The van der Waals surface area contributed by atoms with Gasteiger partial charge in [-0.25, -0.2) is 0 Å². The number of nitrogens with zero attached hydrogens (tertiary/aromatic N) is 3. The molecular weight excluding hydrogens is 226 g/mol. The van der Waals surface area contributed by atoms with E-state index in [0.717, 1.165) is 6.54 Å². The van der Waals surface area contributed by atoms with E-state index in [4.69, 9.17) is 11.6 Å². The van der Waals surface area contributed by atoms with Gasteiger partial charge in [0.1, 0.15) is 6.33 Å². The Morgan fingerprint density at radius 2 is 2.54 bits per heavy atom. The highest BCUT2D eigenvalue weighted by atomic mass is 35.5. The summed E-state index contributed by atoms with van der Waals surface area (Å²) >= 11 is 9.86. The monoisotopic (exact) mass is 235 g/mol. The molecule has 0 aliphatic carbocycles. The molecule has 2 rings (SSSR count). The molecular formula is C7H10ClN3S2. The van der Waals surface area contributed by atoms with E-state index in [1.165, 1.54) is 17.3 Å². The van der Waals surface area contributed by atoms with E-state index in [1.807, 2.05) is 28.1 Å². The van der Waals surface area contributed by atoms with Crippen LogP contribution in [0, 0.1) is 0 Å². The molecule has 0 radical (unpaired) electrons.